The zero-order chi connectivity index (χ0) is 13.7. The van der Waals surface area contributed by atoms with Gasteiger partial charge in [0.15, 0.2) is 0 Å². The summed E-state index contributed by atoms with van der Waals surface area (Å²) in [4.78, 5) is 0. The summed E-state index contributed by atoms with van der Waals surface area (Å²) in [6, 6.07) is 13.4. The maximum absolute atomic E-state index is 5.85. The van der Waals surface area contributed by atoms with Gasteiger partial charge in [0.25, 0.3) is 0 Å². The molecule has 0 aliphatic carbocycles. The summed E-state index contributed by atoms with van der Waals surface area (Å²) in [5.74, 6) is 1.68. The second kappa shape index (κ2) is 6.83. The van der Waals surface area contributed by atoms with Crippen molar-refractivity contribution < 1.29 is 9.47 Å². The Morgan fingerprint density at radius 1 is 1.11 bits per heavy atom. The first-order valence-corrected chi connectivity index (χ1v) is 7.33. The lowest BCUT2D eigenvalue weighted by molar-refractivity contribution is 0.303. The molecule has 2 nitrogen and oxygen atoms in total. The predicted octanol–water partition coefficient (Wildman–Crippen LogP) is 4.82. The third-order valence-corrected chi connectivity index (χ3v) is 3.58. The van der Waals surface area contributed by atoms with Crippen molar-refractivity contribution in [2.75, 3.05) is 7.11 Å². The molecule has 0 spiro atoms. The Kier molecular flexibility index (Phi) is 5.11. The molecule has 0 heterocycles. The molecule has 0 aromatic heterocycles. The second-order valence-corrected chi connectivity index (χ2v) is 5.02. The van der Waals surface area contributed by atoms with Crippen LogP contribution < -0.4 is 9.47 Å². The van der Waals surface area contributed by atoms with Gasteiger partial charge in [-0.25, -0.2) is 0 Å². The molecule has 0 N–H and O–H groups in total. The van der Waals surface area contributed by atoms with Crippen molar-refractivity contribution in [2.45, 2.75) is 11.9 Å². The standard InChI is InChI=1S/C15H14BrClO2/c1-18-14-6-7-15(12(8-14)9-16)19-10-11-2-4-13(17)5-3-11/h2-8H,9-10H2,1H3. The lowest BCUT2D eigenvalue weighted by Crippen LogP contribution is -1.98. The van der Waals surface area contributed by atoms with Crippen molar-refractivity contribution in [2.24, 2.45) is 0 Å². The monoisotopic (exact) mass is 340 g/mol. The number of hydrogen-bond donors (Lipinski definition) is 0. The minimum absolute atomic E-state index is 0.517. The topological polar surface area (TPSA) is 18.5 Å². The van der Waals surface area contributed by atoms with E-state index in [-0.39, 0.29) is 0 Å². The summed E-state index contributed by atoms with van der Waals surface area (Å²) < 4.78 is 11.0. The molecule has 0 radical (unpaired) electrons. The van der Waals surface area contributed by atoms with Gasteiger partial charge < -0.3 is 9.47 Å². The van der Waals surface area contributed by atoms with Crippen LogP contribution in [0.1, 0.15) is 11.1 Å². The van der Waals surface area contributed by atoms with Crippen LogP contribution in [0.4, 0.5) is 0 Å². The van der Waals surface area contributed by atoms with Crippen LogP contribution in [0.3, 0.4) is 0 Å². The molecule has 4 heteroatoms. The van der Waals surface area contributed by atoms with Crippen LogP contribution in [-0.2, 0) is 11.9 Å². The fourth-order valence-electron chi connectivity index (χ4n) is 1.67. The largest absolute Gasteiger partial charge is 0.497 e. The molecule has 0 bridgehead atoms. The van der Waals surface area contributed by atoms with Gasteiger partial charge in [-0.1, -0.05) is 39.7 Å². The number of methoxy groups -OCH3 is 1. The highest BCUT2D eigenvalue weighted by Crippen LogP contribution is 2.27. The molecule has 2 rings (SSSR count). The number of benzene rings is 2. The first-order valence-electron chi connectivity index (χ1n) is 5.83. The van der Waals surface area contributed by atoms with Crippen molar-refractivity contribution in [3.63, 3.8) is 0 Å². The molecule has 0 saturated heterocycles. The van der Waals surface area contributed by atoms with E-state index in [9.17, 15) is 0 Å². The summed E-state index contributed by atoms with van der Waals surface area (Å²) in [5, 5.41) is 1.45. The molecule has 0 amide bonds. The van der Waals surface area contributed by atoms with Gasteiger partial charge in [0.1, 0.15) is 18.1 Å². The van der Waals surface area contributed by atoms with Crippen LogP contribution in [0.5, 0.6) is 11.5 Å². The Balaban J connectivity index is 2.08. The van der Waals surface area contributed by atoms with Crippen molar-refractivity contribution in [3.05, 3.63) is 58.6 Å². The average molecular weight is 342 g/mol. The molecule has 0 saturated carbocycles. The first-order chi connectivity index (χ1) is 9.22. The van der Waals surface area contributed by atoms with Gasteiger partial charge in [-0.2, -0.15) is 0 Å². The third-order valence-electron chi connectivity index (χ3n) is 2.72. The lowest BCUT2D eigenvalue weighted by atomic mass is 10.2. The number of hydrogen-bond acceptors (Lipinski definition) is 2. The fourth-order valence-corrected chi connectivity index (χ4v) is 2.23. The summed E-state index contributed by atoms with van der Waals surface area (Å²) in [6.07, 6.45) is 0. The van der Waals surface area contributed by atoms with Gasteiger partial charge in [0, 0.05) is 15.9 Å². The van der Waals surface area contributed by atoms with Crippen LogP contribution in [0.25, 0.3) is 0 Å². The Labute approximate surface area is 126 Å². The van der Waals surface area contributed by atoms with Crippen LogP contribution in [0.15, 0.2) is 42.5 Å². The van der Waals surface area contributed by atoms with E-state index in [2.05, 4.69) is 15.9 Å². The van der Waals surface area contributed by atoms with Gasteiger partial charge >= 0.3 is 0 Å². The number of halogens is 2. The lowest BCUT2D eigenvalue weighted by Gasteiger charge is -2.11. The molecule has 100 valence electrons. The van der Waals surface area contributed by atoms with Crippen molar-refractivity contribution >= 4 is 27.5 Å². The number of alkyl halides is 1. The third kappa shape index (κ3) is 3.88. The maximum Gasteiger partial charge on any atom is 0.124 e. The van der Waals surface area contributed by atoms with Crippen molar-refractivity contribution in [3.8, 4) is 11.5 Å². The van der Waals surface area contributed by atoms with Gasteiger partial charge in [-0.3, -0.25) is 0 Å². The summed E-state index contributed by atoms with van der Waals surface area (Å²) in [7, 11) is 1.65. The van der Waals surface area contributed by atoms with Crippen LogP contribution in [0.2, 0.25) is 5.02 Å². The smallest absolute Gasteiger partial charge is 0.124 e. The second-order valence-electron chi connectivity index (χ2n) is 4.02. The summed E-state index contributed by atoms with van der Waals surface area (Å²) >= 11 is 9.30. The van der Waals surface area contributed by atoms with Crippen molar-refractivity contribution in [1.82, 2.24) is 0 Å². The van der Waals surface area contributed by atoms with Crippen LogP contribution in [0, 0.1) is 0 Å². The number of ether oxygens (including phenoxy) is 2. The molecule has 2 aromatic rings. The Morgan fingerprint density at radius 2 is 1.84 bits per heavy atom. The first kappa shape index (κ1) is 14.2. The predicted molar refractivity (Wildman–Crippen MR) is 81.4 cm³/mol. The molecule has 0 fully saturated rings. The SMILES string of the molecule is COc1ccc(OCc2ccc(Cl)cc2)c(CBr)c1. The zero-order valence-electron chi connectivity index (χ0n) is 10.5. The van der Waals surface area contributed by atoms with E-state index in [1.807, 2.05) is 42.5 Å². The number of rotatable bonds is 5. The quantitative estimate of drug-likeness (QED) is 0.726. The highest BCUT2D eigenvalue weighted by molar-refractivity contribution is 9.08. The van der Waals surface area contributed by atoms with Gasteiger partial charge in [-0.15, -0.1) is 0 Å². The van der Waals surface area contributed by atoms with Crippen LogP contribution in [-0.4, -0.2) is 7.11 Å². The minimum Gasteiger partial charge on any atom is -0.497 e. The molecule has 0 unspecified atom stereocenters. The molecular formula is C15H14BrClO2. The molecular weight excluding hydrogens is 328 g/mol. The van der Waals surface area contributed by atoms with E-state index >= 15 is 0 Å². The Morgan fingerprint density at radius 3 is 2.47 bits per heavy atom. The molecule has 0 aliphatic heterocycles. The fraction of sp³-hybridized carbons (Fsp3) is 0.200. The summed E-state index contributed by atoms with van der Waals surface area (Å²) in [5.41, 5.74) is 2.15. The molecule has 2 aromatic carbocycles. The zero-order valence-corrected chi connectivity index (χ0v) is 12.9. The van der Waals surface area contributed by atoms with Gasteiger partial charge in [0.2, 0.25) is 0 Å². The van der Waals surface area contributed by atoms with E-state index in [1.54, 1.807) is 7.11 Å². The Bertz CT molecular complexity index is 540. The summed E-state index contributed by atoms with van der Waals surface area (Å²) in [6.45, 7) is 0.517. The molecule has 19 heavy (non-hydrogen) atoms. The van der Waals surface area contributed by atoms with E-state index in [1.165, 1.54) is 0 Å². The van der Waals surface area contributed by atoms with Crippen LogP contribution >= 0.6 is 27.5 Å². The minimum atomic E-state index is 0.517. The highest BCUT2D eigenvalue weighted by Gasteiger charge is 2.05. The van der Waals surface area contributed by atoms with E-state index in [4.69, 9.17) is 21.1 Å². The highest BCUT2D eigenvalue weighted by atomic mass is 79.9. The normalized spacial score (nSPS) is 10.3. The molecule has 0 aliphatic rings. The molecule has 0 atom stereocenters. The average Bonchev–Trinajstić information content (AvgIpc) is 2.46. The maximum atomic E-state index is 5.85. The Hall–Kier alpha value is -1.19. The van der Waals surface area contributed by atoms with E-state index < -0.39 is 0 Å². The van der Waals surface area contributed by atoms with Crippen molar-refractivity contribution in [1.29, 1.82) is 0 Å². The van der Waals surface area contributed by atoms with E-state index in [0.717, 1.165) is 33.0 Å². The van der Waals surface area contributed by atoms with E-state index in [0.29, 0.717) is 6.61 Å². The van der Waals surface area contributed by atoms with Gasteiger partial charge in [0.05, 0.1) is 7.11 Å². The van der Waals surface area contributed by atoms with Gasteiger partial charge in [-0.05, 0) is 35.9 Å².